The summed E-state index contributed by atoms with van der Waals surface area (Å²) in [5.41, 5.74) is 1.79. The lowest BCUT2D eigenvalue weighted by molar-refractivity contribution is -0.117. The number of nitrogens with one attached hydrogen (secondary N) is 1. The first-order valence-corrected chi connectivity index (χ1v) is 10.0. The first-order chi connectivity index (χ1) is 12.5. The Morgan fingerprint density at radius 2 is 2.04 bits per heavy atom. The quantitative estimate of drug-likeness (QED) is 0.750. The van der Waals surface area contributed by atoms with Crippen LogP contribution in [0.15, 0.2) is 24.3 Å². The molecule has 0 radical (unpaired) electrons. The highest BCUT2D eigenvalue weighted by molar-refractivity contribution is 6.35. The molecule has 2 fully saturated rings. The number of halogens is 2. The van der Waals surface area contributed by atoms with E-state index in [9.17, 15) is 4.79 Å². The van der Waals surface area contributed by atoms with Crippen molar-refractivity contribution in [1.29, 1.82) is 0 Å². The molecular weight excluding hydrogens is 369 g/mol. The number of fused-ring (bicyclic) bond motifs is 2. The van der Waals surface area contributed by atoms with Crippen molar-refractivity contribution in [2.24, 2.45) is 17.8 Å². The molecule has 26 heavy (non-hydrogen) atoms. The Morgan fingerprint density at radius 3 is 2.69 bits per heavy atom. The van der Waals surface area contributed by atoms with Crippen molar-refractivity contribution >= 4 is 34.9 Å². The molecule has 4 nitrogen and oxygen atoms in total. The van der Waals surface area contributed by atoms with Crippen LogP contribution in [0.5, 0.6) is 0 Å². The Balaban J connectivity index is 1.41. The number of benzene rings is 1. The second kappa shape index (κ2) is 7.24. The minimum atomic E-state index is 0.0722. The number of aryl methyl sites for hydroxylation is 1. The summed E-state index contributed by atoms with van der Waals surface area (Å²) in [6.07, 6.45) is 5.82. The van der Waals surface area contributed by atoms with Crippen molar-refractivity contribution in [2.45, 2.75) is 45.6 Å². The van der Waals surface area contributed by atoms with E-state index >= 15 is 0 Å². The summed E-state index contributed by atoms with van der Waals surface area (Å²) in [4.78, 5) is 12.4. The zero-order valence-electron chi connectivity index (χ0n) is 14.8. The molecule has 2 aliphatic rings. The molecule has 0 spiro atoms. The van der Waals surface area contributed by atoms with Gasteiger partial charge in [-0.3, -0.25) is 9.48 Å². The number of carbonyl (C=O) groups excluding carboxylic acids is 1. The number of aromatic nitrogens is 2. The van der Waals surface area contributed by atoms with E-state index < -0.39 is 0 Å². The van der Waals surface area contributed by atoms with E-state index in [4.69, 9.17) is 23.2 Å². The summed E-state index contributed by atoms with van der Waals surface area (Å²) >= 11 is 12.5. The van der Waals surface area contributed by atoms with Gasteiger partial charge in [0.25, 0.3) is 0 Å². The van der Waals surface area contributed by atoms with E-state index in [0.29, 0.717) is 34.7 Å². The fraction of sp³-hybridized carbons (Fsp3) is 0.500. The van der Waals surface area contributed by atoms with Crippen molar-refractivity contribution in [3.05, 3.63) is 45.6 Å². The van der Waals surface area contributed by atoms with Crippen molar-refractivity contribution < 1.29 is 4.79 Å². The SMILES string of the molecule is Cc1cc(NC(=O)CC2CC3CCC2C3)nn1Cc1c(Cl)cccc1Cl. The zero-order valence-corrected chi connectivity index (χ0v) is 16.4. The first kappa shape index (κ1) is 17.9. The van der Waals surface area contributed by atoms with Crippen LogP contribution >= 0.6 is 23.2 Å². The fourth-order valence-electron chi connectivity index (χ4n) is 4.62. The highest BCUT2D eigenvalue weighted by atomic mass is 35.5. The van der Waals surface area contributed by atoms with E-state index in [1.807, 2.05) is 35.9 Å². The molecule has 4 rings (SSSR count). The maximum atomic E-state index is 12.4. The molecule has 3 atom stereocenters. The number of anilines is 1. The van der Waals surface area contributed by atoms with Crippen LogP contribution in [-0.4, -0.2) is 15.7 Å². The van der Waals surface area contributed by atoms with E-state index in [1.165, 1.54) is 25.7 Å². The third kappa shape index (κ3) is 3.63. The highest BCUT2D eigenvalue weighted by Crippen LogP contribution is 2.49. The van der Waals surface area contributed by atoms with Gasteiger partial charge in [-0.25, -0.2) is 0 Å². The molecule has 1 amide bonds. The van der Waals surface area contributed by atoms with Gasteiger partial charge in [-0.05, 0) is 56.1 Å². The average Bonchev–Trinajstić information content (AvgIpc) is 3.27. The number of hydrogen-bond donors (Lipinski definition) is 1. The number of carbonyl (C=O) groups is 1. The maximum absolute atomic E-state index is 12.4. The van der Waals surface area contributed by atoms with E-state index in [2.05, 4.69) is 10.4 Å². The van der Waals surface area contributed by atoms with Gasteiger partial charge < -0.3 is 5.32 Å². The van der Waals surface area contributed by atoms with Crippen LogP contribution in [0.25, 0.3) is 0 Å². The molecule has 2 aromatic rings. The Labute approximate surface area is 163 Å². The minimum Gasteiger partial charge on any atom is -0.309 e. The van der Waals surface area contributed by atoms with Gasteiger partial charge in [-0.2, -0.15) is 5.10 Å². The number of hydrogen-bond acceptors (Lipinski definition) is 2. The third-order valence-corrected chi connectivity index (χ3v) is 6.66. The van der Waals surface area contributed by atoms with Crippen molar-refractivity contribution in [2.75, 3.05) is 5.32 Å². The van der Waals surface area contributed by atoms with Crippen molar-refractivity contribution in [3.63, 3.8) is 0 Å². The summed E-state index contributed by atoms with van der Waals surface area (Å²) in [5, 5.41) is 8.72. The van der Waals surface area contributed by atoms with Gasteiger partial charge in [-0.15, -0.1) is 0 Å². The van der Waals surface area contributed by atoms with Gasteiger partial charge in [0.15, 0.2) is 5.82 Å². The molecule has 2 saturated carbocycles. The standard InChI is InChI=1S/C20H23Cl2N3O/c1-12-7-19(23-20(26)10-15-9-13-5-6-14(15)8-13)24-25(12)11-16-17(21)3-2-4-18(16)22/h2-4,7,13-15H,5-6,8-11H2,1H3,(H,23,24,26). The normalized spacial score (nSPS) is 24.2. The highest BCUT2D eigenvalue weighted by Gasteiger charge is 2.40. The van der Waals surface area contributed by atoms with Crippen LogP contribution in [0.2, 0.25) is 10.0 Å². The Bertz CT molecular complexity index is 812. The second-order valence-electron chi connectivity index (χ2n) is 7.72. The van der Waals surface area contributed by atoms with Crippen LogP contribution < -0.4 is 5.32 Å². The minimum absolute atomic E-state index is 0.0722. The summed E-state index contributed by atoms with van der Waals surface area (Å²) in [6.45, 7) is 2.44. The molecule has 6 heteroatoms. The molecule has 1 aromatic heterocycles. The first-order valence-electron chi connectivity index (χ1n) is 9.27. The van der Waals surface area contributed by atoms with E-state index in [-0.39, 0.29) is 5.91 Å². The molecular formula is C20H23Cl2N3O. The number of nitrogens with zero attached hydrogens (tertiary/aromatic N) is 2. The smallest absolute Gasteiger partial charge is 0.225 e. The largest absolute Gasteiger partial charge is 0.309 e. The Hall–Kier alpha value is -1.52. The lowest BCUT2D eigenvalue weighted by atomic mass is 9.86. The van der Waals surface area contributed by atoms with Crippen LogP contribution in [0.4, 0.5) is 5.82 Å². The Morgan fingerprint density at radius 1 is 1.27 bits per heavy atom. The molecule has 3 unspecified atom stereocenters. The monoisotopic (exact) mass is 391 g/mol. The molecule has 1 aromatic carbocycles. The van der Waals surface area contributed by atoms with E-state index in [0.717, 1.165) is 23.1 Å². The van der Waals surface area contributed by atoms with E-state index in [1.54, 1.807) is 0 Å². The number of rotatable bonds is 5. The summed E-state index contributed by atoms with van der Waals surface area (Å²) in [5.74, 6) is 2.84. The van der Waals surface area contributed by atoms with Crippen LogP contribution in [0.3, 0.4) is 0 Å². The van der Waals surface area contributed by atoms with Crippen molar-refractivity contribution in [3.8, 4) is 0 Å². The molecule has 2 bridgehead atoms. The zero-order chi connectivity index (χ0) is 18.3. The maximum Gasteiger partial charge on any atom is 0.225 e. The predicted octanol–water partition coefficient (Wildman–Crippen LogP) is 5.31. The lowest BCUT2D eigenvalue weighted by Crippen LogP contribution is -2.20. The van der Waals surface area contributed by atoms with Crippen LogP contribution in [0, 0.1) is 24.7 Å². The fourth-order valence-corrected chi connectivity index (χ4v) is 5.14. The Kier molecular flexibility index (Phi) is 4.98. The van der Waals surface area contributed by atoms with Gasteiger partial charge in [0.1, 0.15) is 0 Å². The summed E-state index contributed by atoms with van der Waals surface area (Å²) < 4.78 is 1.82. The molecule has 0 saturated heterocycles. The predicted molar refractivity (Wildman–Crippen MR) is 105 cm³/mol. The van der Waals surface area contributed by atoms with Crippen LogP contribution in [-0.2, 0) is 11.3 Å². The van der Waals surface area contributed by atoms with Crippen LogP contribution in [0.1, 0.15) is 43.4 Å². The van der Waals surface area contributed by atoms with Gasteiger partial charge >= 0.3 is 0 Å². The summed E-state index contributed by atoms with van der Waals surface area (Å²) in [7, 11) is 0. The lowest BCUT2D eigenvalue weighted by Gasteiger charge is -2.20. The third-order valence-electron chi connectivity index (χ3n) is 5.95. The second-order valence-corrected chi connectivity index (χ2v) is 8.53. The molecule has 1 heterocycles. The average molecular weight is 392 g/mol. The number of amides is 1. The van der Waals surface area contributed by atoms with Gasteiger partial charge in [0, 0.05) is 33.8 Å². The molecule has 138 valence electrons. The molecule has 2 aliphatic carbocycles. The van der Waals surface area contributed by atoms with Gasteiger partial charge in [0.05, 0.1) is 6.54 Å². The van der Waals surface area contributed by atoms with Gasteiger partial charge in [0.2, 0.25) is 5.91 Å². The van der Waals surface area contributed by atoms with Gasteiger partial charge in [-0.1, -0.05) is 35.7 Å². The summed E-state index contributed by atoms with van der Waals surface area (Å²) in [6, 6.07) is 7.36. The topological polar surface area (TPSA) is 46.9 Å². The molecule has 0 aliphatic heterocycles. The molecule has 1 N–H and O–H groups in total. The van der Waals surface area contributed by atoms with Crippen molar-refractivity contribution in [1.82, 2.24) is 9.78 Å².